The van der Waals surface area contributed by atoms with Crippen LogP contribution in [-0.4, -0.2) is 50.8 Å². The summed E-state index contributed by atoms with van der Waals surface area (Å²) in [6.07, 6.45) is 31.6. The summed E-state index contributed by atoms with van der Waals surface area (Å²) in [5.41, 5.74) is 0. The van der Waals surface area contributed by atoms with Crippen LogP contribution in [0.25, 0.3) is 0 Å². The maximum atomic E-state index is 5.95. The zero-order valence-corrected chi connectivity index (χ0v) is 28.2. The van der Waals surface area contributed by atoms with Crippen molar-refractivity contribution >= 4 is 23.2 Å². The van der Waals surface area contributed by atoms with Gasteiger partial charge in [-0.05, 0) is 63.5 Å². The van der Waals surface area contributed by atoms with Gasteiger partial charge in [0, 0.05) is 24.6 Å². The third kappa shape index (κ3) is 32.3. The average molecular weight is 624 g/mol. The first kappa shape index (κ1) is 40.5. The van der Waals surface area contributed by atoms with Crippen molar-refractivity contribution in [3.05, 3.63) is 24.7 Å². The lowest BCUT2D eigenvalue weighted by Crippen LogP contribution is -2.15. The first-order chi connectivity index (χ1) is 20.3. The minimum absolute atomic E-state index is 0.193. The molecule has 41 heavy (non-hydrogen) atoms. The van der Waals surface area contributed by atoms with Gasteiger partial charge in [-0.25, -0.2) is 0 Å². The molecule has 0 aliphatic heterocycles. The molecule has 2 atom stereocenters. The second kappa shape index (κ2) is 35.7. The maximum absolute atomic E-state index is 5.95. The van der Waals surface area contributed by atoms with Gasteiger partial charge in [0.2, 0.25) is 0 Å². The van der Waals surface area contributed by atoms with Gasteiger partial charge in [-0.2, -0.15) is 0 Å². The molecule has 0 aromatic heterocycles. The monoisotopic (exact) mass is 622 g/mol. The van der Waals surface area contributed by atoms with Crippen molar-refractivity contribution < 1.29 is 23.7 Å². The quantitative estimate of drug-likeness (QED) is 0.0309. The van der Waals surface area contributed by atoms with Crippen LogP contribution in [0.15, 0.2) is 24.7 Å². The molecule has 0 aromatic carbocycles. The number of halogens is 2. The summed E-state index contributed by atoms with van der Waals surface area (Å²) in [5, 5.41) is 0. The highest BCUT2D eigenvalue weighted by Crippen LogP contribution is 2.12. The van der Waals surface area contributed by atoms with Crippen molar-refractivity contribution in [1.82, 2.24) is 0 Å². The Morgan fingerprint density at radius 3 is 1.27 bits per heavy atom. The summed E-state index contributed by atoms with van der Waals surface area (Å²) >= 11 is 11.4. The molecule has 0 heterocycles. The van der Waals surface area contributed by atoms with Gasteiger partial charge in [-0.15, -0.1) is 23.2 Å². The van der Waals surface area contributed by atoms with E-state index in [-0.39, 0.29) is 25.8 Å². The van der Waals surface area contributed by atoms with E-state index in [4.69, 9.17) is 46.9 Å². The maximum Gasteiger partial charge on any atom is 0.149 e. The largest absolute Gasteiger partial charge is 0.498 e. The molecule has 0 bridgehead atoms. The first-order valence-electron chi connectivity index (χ1n) is 16.7. The lowest BCUT2D eigenvalue weighted by atomic mass is 10.1. The Morgan fingerprint density at radius 2 is 0.878 bits per heavy atom. The van der Waals surface area contributed by atoms with Gasteiger partial charge < -0.3 is 23.7 Å². The number of hydrogen-bond acceptors (Lipinski definition) is 5. The molecule has 0 aliphatic carbocycles. The van der Waals surface area contributed by atoms with Crippen LogP contribution in [0.4, 0.5) is 0 Å². The van der Waals surface area contributed by atoms with E-state index >= 15 is 0 Å². The SMILES string of the molecule is CCCC(CCOCOCOCCC(CCC)OC=CCCCCCCCCCl)OC=CCCCCCCCCCl. The number of unbranched alkanes of at least 4 members (excludes halogenated alkanes) is 12. The summed E-state index contributed by atoms with van der Waals surface area (Å²) in [5.74, 6) is 1.58. The summed E-state index contributed by atoms with van der Waals surface area (Å²) in [6.45, 7) is 6.09. The van der Waals surface area contributed by atoms with E-state index in [2.05, 4.69) is 26.0 Å². The van der Waals surface area contributed by atoms with Gasteiger partial charge in [0.15, 0.2) is 0 Å². The van der Waals surface area contributed by atoms with E-state index in [1.807, 2.05) is 12.5 Å². The molecule has 244 valence electrons. The van der Waals surface area contributed by atoms with Crippen molar-refractivity contribution in [3.8, 4) is 0 Å². The van der Waals surface area contributed by atoms with Crippen LogP contribution in [0.3, 0.4) is 0 Å². The lowest BCUT2D eigenvalue weighted by molar-refractivity contribution is -0.136. The summed E-state index contributed by atoms with van der Waals surface area (Å²) in [7, 11) is 0. The molecule has 0 aromatic rings. The lowest BCUT2D eigenvalue weighted by Gasteiger charge is -2.17. The Kier molecular flexibility index (Phi) is 35.3. The molecule has 7 heteroatoms. The van der Waals surface area contributed by atoms with Crippen molar-refractivity contribution in [3.63, 3.8) is 0 Å². The highest BCUT2D eigenvalue weighted by atomic mass is 35.5. The summed E-state index contributed by atoms with van der Waals surface area (Å²) in [6, 6.07) is 0. The van der Waals surface area contributed by atoms with Gasteiger partial charge in [0.05, 0.1) is 37.9 Å². The molecule has 0 spiro atoms. The van der Waals surface area contributed by atoms with Crippen molar-refractivity contribution in [2.45, 2.75) is 154 Å². The minimum Gasteiger partial charge on any atom is -0.498 e. The zero-order valence-electron chi connectivity index (χ0n) is 26.6. The highest BCUT2D eigenvalue weighted by Gasteiger charge is 2.08. The Bertz CT molecular complexity index is 501. The van der Waals surface area contributed by atoms with Crippen LogP contribution in [0.2, 0.25) is 0 Å². The fourth-order valence-corrected chi connectivity index (χ4v) is 4.88. The minimum atomic E-state index is 0.193. The van der Waals surface area contributed by atoms with Crippen LogP contribution in [0, 0.1) is 0 Å². The topological polar surface area (TPSA) is 46.2 Å². The predicted molar refractivity (Wildman–Crippen MR) is 176 cm³/mol. The third-order valence-corrected chi connectivity index (χ3v) is 7.50. The molecule has 0 fully saturated rings. The van der Waals surface area contributed by atoms with Gasteiger partial charge in [0.1, 0.15) is 13.6 Å². The van der Waals surface area contributed by atoms with Crippen LogP contribution >= 0.6 is 23.2 Å². The Morgan fingerprint density at radius 1 is 0.488 bits per heavy atom. The van der Waals surface area contributed by atoms with E-state index in [0.29, 0.717) is 13.2 Å². The molecule has 0 N–H and O–H groups in total. The second-order valence-electron chi connectivity index (χ2n) is 10.9. The van der Waals surface area contributed by atoms with Gasteiger partial charge in [0.25, 0.3) is 0 Å². The molecule has 2 unspecified atom stereocenters. The number of allylic oxidation sites excluding steroid dienone is 2. The number of rotatable bonds is 34. The van der Waals surface area contributed by atoms with Crippen LogP contribution in [0.5, 0.6) is 0 Å². The van der Waals surface area contributed by atoms with E-state index in [1.165, 1.54) is 64.2 Å². The zero-order chi connectivity index (χ0) is 29.9. The molecule has 5 nitrogen and oxygen atoms in total. The fourth-order valence-electron chi connectivity index (χ4n) is 4.50. The van der Waals surface area contributed by atoms with E-state index in [0.717, 1.165) is 76.0 Å². The fraction of sp³-hybridized carbons (Fsp3) is 0.882. The highest BCUT2D eigenvalue weighted by molar-refractivity contribution is 6.18. The summed E-state index contributed by atoms with van der Waals surface area (Å²) < 4.78 is 28.7. The normalized spacial score (nSPS) is 13.4. The first-order valence-corrected chi connectivity index (χ1v) is 17.8. The molecular formula is C34H64Cl2O5. The third-order valence-electron chi connectivity index (χ3n) is 6.97. The van der Waals surface area contributed by atoms with Crippen LogP contribution in [0.1, 0.15) is 142 Å². The van der Waals surface area contributed by atoms with Gasteiger partial charge in [-0.1, -0.05) is 78.1 Å². The van der Waals surface area contributed by atoms with E-state index < -0.39 is 0 Å². The number of hydrogen-bond donors (Lipinski definition) is 0. The molecule has 0 rings (SSSR count). The Hall–Kier alpha value is -0.460. The van der Waals surface area contributed by atoms with Crippen molar-refractivity contribution in [2.75, 3.05) is 38.6 Å². The number of alkyl halides is 2. The molecule has 0 aliphatic rings. The summed E-state index contributed by atoms with van der Waals surface area (Å²) in [4.78, 5) is 0. The van der Waals surface area contributed by atoms with Gasteiger partial charge >= 0.3 is 0 Å². The van der Waals surface area contributed by atoms with Crippen molar-refractivity contribution in [1.29, 1.82) is 0 Å². The number of ether oxygens (including phenoxy) is 5. The van der Waals surface area contributed by atoms with E-state index in [1.54, 1.807) is 0 Å². The molecule has 0 radical (unpaired) electrons. The Labute approximate surface area is 264 Å². The van der Waals surface area contributed by atoms with Crippen LogP contribution < -0.4 is 0 Å². The molecule has 0 saturated heterocycles. The Balaban J connectivity index is 3.73. The molecular weight excluding hydrogens is 559 g/mol. The van der Waals surface area contributed by atoms with E-state index in [9.17, 15) is 0 Å². The predicted octanol–water partition coefficient (Wildman–Crippen LogP) is 11.1. The molecule has 0 amide bonds. The molecule has 0 saturated carbocycles. The smallest absolute Gasteiger partial charge is 0.149 e. The standard InChI is InChI=1S/C34H64Cl2O5/c1-3-21-33(40-27-19-15-11-7-5-9-13-17-25-35)23-29-37-31-39-32-38-30-24-34(22-4-2)41-28-20-16-12-8-6-10-14-18-26-36/h19-20,27-28,33-34H,3-18,21-26,29-32H2,1-2H3. The second-order valence-corrected chi connectivity index (χ2v) is 11.6. The van der Waals surface area contributed by atoms with Gasteiger partial charge in [-0.3, -0.25) is 0 Å². The van der Waals surface area contributed by atoms with Crippen molar-refractivity contribution in [2.24, 2.45) is 0 Å². The average Bonchev–Trinajstić information content (AvgIpc) is 2.97. The van der Waals surface area contributed by atoms with Crippen LogP contribution in [-0.2, 0) is 23.7 Å².